The van der Waals surface area contributed by atoms with Gasteiger partial charge in [-0.1, -0.05) is 29.5 Å². The molecule has 0 aliphatic carbocycles. The number of thioether (sulfide) groups is 1. The molecule has 1 saturated heterocycles. The fourth-order valence-electron chi connectivity index (χ4n) is 2.85. The molecule has 0 saturated carbocycles. The Bertz CT molecular complexity index is 744. The molecule has 1 amide bonds. The van der Waals surface area contributed by atoms with Crippen molar-refractivity contribution in [2.75, 3.05) is 25.4 Å². The number of carbonyl (C=O) groups excluding carboxylic acids is 1. The number of amidine groups is 1. The molecule has 2 aliphatic rings. The molecule has 130 valence electrons. The maximum Gasteiger partial charge on any atom is 0.243 e. The van der Waals surface area contributed by atoms with Gasteiger partial charge in [0.25, 0.3) is 0 Å². The summed E-state index contributed by atoms with van der Waals surface area (Å²) in [6, 6.07) is 6.82. The molecule has 1 fully saturated rings. The molecule has 1 atom stereocenters. The first-order valence-corrected chi connectivity index (χ1v) is 10.4. The standard InChI is InChI=1S/C16H21N3O3S2/c1-12-4-6-14(7-5-12)24(21,22)19-9-2-3-13(11-19)15(20)18-16-17-8-10-23-16/h4-7,13H,2-3,8-11H2,1H3,(H,17,18,20)/t13-/m0/s1. The largest absolute Gasteiger partial charge is 0.305 e. The van der Waals surface area contributed by atoms with E-state index in [9.17, 15) is 13.2 Å². The predicted molar refractivity (Wildman–Crippen MR) is 95.6 cm³/mol. The third-order valence-electron chi connectivity index (χ3n) is 4.23. The highest BCUT2D eigenvalue weighted by Gasteiger charge is 2.33. The Morgan fingerprint density at radius 1 is 1.33 bits per heavy atom. The molecule has 2 heterocycles. The molecule has 1 aromatic carbocycles. The lowest BCUT2D eigenvalue weighted by atomic mass is 9.99. The fraction of sp³-hybridized carbons (Fsp3) is 0.500. The van der Waals surface area contributed by atoms with Gasteiger partial charge in [-0.25, -0.2) is 8.42 Å². The molecule has 24 heavy (non-hydrogen) atoms. The maximum absolute atomic E-state index is 12.8. The second-order valence-electron chi connectivity index (χ2n) is 6.04. The van der Waals surface area contributed by atoms with Crippen molar-refractivity contribution in [2.24, 2.45) is 10.9 Å². The summed E-state index contributed by atoms with van der Waals surface area (Å²) in [4.78, 5) is 16.9. The molecule has 0 radical (unpaired) electrons. The van der Waals surface area contributed by atoms with E-state index in [2.05, 4.69) is 10.3 Å². The number of rotatable bonds is 3. The normalized spacial score (nSPS) is 22.2. The Hall–Kier alpha value is -1.38. The van der Waals surface area contributed by atoms with Crippen molar-refractivity contribution in [1.29, 1.82) is 0 Å². The van der Waals surface area contributed by atoms with Gasteiger partial charge in [-0.2, -0.15) is 4.31 Å². The van der Waals surface area contributed by atoms with Crippen molar-refractivity contribution in [3.8, 4) is 0 Å². The van der Waals surface area contributed by atoms with Gasteiger partial charge in [-0.3, -0.25) is 9.79 Å². The molecule has 0 unspecified atom stereocenters. The number of carbonyl (C=O) groups is 1. The number of hydrogen-bond acceptors (Lipinski definition) is 5. The van der Waals surface area contributed by atoms with Crippen molar-refractivity contribution < 1.29 is 13.2 Å². The van der Waals surface area contributed by atoms with Gasteiger partial charge in [-0.05, 0) is 31.9 Å². The molecule has 6 nitrogen and oxygen atoms in total. The zero-order chi connectivity index (χ0) is 17.2. The molecule has 1 aromatic rings. The van der Waals surface area contributed by atoms with E-state index >= 15 is 0 Å². The van der Waals surface area contributed by atoms with Gasteiger partial charge in [0.15, 0.2) is 5.17 Å². The van der Waals surface area contributed by atoms with E-state index in [1.54, 1.807) is 24.3 Å². The van der Waals surface area contributed by atoms with E-state index in [1.165, 1.54) is 16.1 Å². The summed E-state index contributed by atoms with van der Waals surface area (Å²) in [6.07, 6.45) is 1.38. The highest BCUT2D eigenvalue weighted by Crippen LogP contribution is 2.24. The van der Waals surface area contributed by atoms with Crippen LogP contribution in [-0.4, -0.2) is 49.2 Å². The van der Waals surface area contributed by atoms with Crippen LogP contribution in [0.3, 0.4) is 0 Å². The number of aliphatic imine (C=N–C) groups is 1. The molecule has 3 rings (SSSR count). The van der Waals surface area contributed by atoms with Crippen LogP contribution in [0.1, 0.15) is 18.4 Å². The van der Waals surface area contributed by atoms with E-state index in [0.717, 1.165) is 17.9 Å². The zero-order valence-corrected chi connectivity index (χ0v) is 15.2. The second-order valence-corrected chi connectivity index (χ2v) is 9.06. The summed E-state index contributed by atoms with van der Waals surface area (Å²) in [5.41, 5.74) is 1.01. The van der Waals surface area contributed by atoms with E-state index in [-0.39, 0.29) is 23.3 Å². The van der Waals surface area contributed by atoms with Gasteiger partial charge >= 0.3 is 0 Å². The molecule has 0 bridgehead atoms. The topological polar surface area (TPSA) is 78.8 Å². The molecular weight excluding hydrogens is 346 g/mol. The van der Waals surface area contributed by atoms with Gasteiger partial charge < -0.3 is 5.32 Å². The number of amides is 1. The van der Waals surface area contributed by atoms with Crippen LogP contribution in [0.25, 0.3) is 0 Å². The van der Waals surface area contributed by atoms with E-state index in [4.69, 9.17) is 0 Å². The lowest BCUT2D eigenvalue weighted by Crippen LogP contribution is -2.46. The fourth-order valence-corrected chi connectivity index (χ4v) is 5.11. The summed E-state index contributed by atoms with van der Waals surface area (Å²) < 4.78 is 27.0. The number of sulfonamides is 1. The van der Waals surface area contributed by atoms with Crippen LogP contribution < -0.4 is 5.32 Å². The van der Waals surface area contributed by atoms with Crippen LogP contribution >= 0.6 is 11.8 Å². The number of nitrogens with one attached hydrogen (secondary N) is 1. The molecule has 2 aliphatic heterocycles. The van der Waals surface area contributed by atoms with Gasteiger partial charge in [0.2, 0.25) is 15.9 Å². The Morgan fingerprint density at radius 2 is 2.08 bits per heavy atom. The zero-order valence-electron chi connectivity index (χ0n) is 13.6. The highest BCUT2D eigenvalue weighted by molar-refractivity contribution is 8.14. The van der Waals surface area contributed by atoms with Crippen molar-refractivity contribution >= 4 is 32.9 Å². The average Bonchev–Trinajstić information content (AvgIpc) is 3.08. The number of piperidine rings is 1. The lowest BCUT2D eigenvalue weighted by Gasteiger charge is -2.31. The first-order chi connectivity index (χ1) is 11.5. The third-order valence-corrected chi connectivity index (χ3v) is 7.00. The first kappa shape index (κ1) is 17.4. The Morgan fingerprint density at radius 3 is 2.75 bits per heavy atom. The van der Waals surface area contributed by atoms with Gasteiger partial charge in [0.05, 0.1) is 17.4 Å². The van der Waals surface area contributed by atoms with Crippen LogP contribution in [0.4, 0.5) is 0 Å². The predicted octanol–water partition coefficient (Wildman–Crippen LogP) is 1.61. The monoisotopic (exact) mass is 367 g/mol. The van der Waals surface area contributed by atoms with Crippen molar-refractivity contribution in [3.63, 3.8) is 0 Å². The minimum Gasteiger partial charge on any atom is -0.305 e. The summed E-state index contributed by atoms with van der Waals surface area (Å²) in [7, 11) is -3.55. The van der Waals surface area contributed by atoms with Gasteiger partial charge in [-0.15, -0.1) is 0 Å². The third kappa shape index (κ3) is 3.81. The summed E-state index contributed by atoms with van der Waals surface area (Å²) >= 11 is 1.53. The SMILES string of the molecule is Cc1ccc(S(=O)(=O)N2CCC[C@H](C(=O)NC3=NCCS3)C2)cc1. The average molecular weight is 367 g/mol. The highest BCUT2D eigenvalue weighted by atomic mass is 32.2. The van der Waals surface area contributed by atoms with Gasteiger partial charge in [0, 0.05) is 18.8 Å². The second kappa shape index (κ2) is 7.25. The van der Waals surface area contributed by atoms with Crippen molar-refractivity contribution in [2.45, 2.75) is 24.7 Å². The minimum atomic E-state index is -3.55. The molecule has 0 aromatic heterocycles. The quantitative estimate of drug-likeness (QED) is 0.880. The number of benzene rings is 1. The lowest BCUT2D eigenvalue weighted by molar-refractivity contribution is -0.124. The first-order valence-electron chi connectivity index (χ1n) is 8.02. The van der Waals surface area contributed by atoms with Crippen molar-refractivity contribution in [3.05, 3.63) is 29.8 Å². The number of nitrogens with zero attached hydrogens (tertiary/aromatic N) is 2. The number of aryl methyl sites for hydroxylation is 1. The summed E-state index contributed by atoms with van der Waals surface area (Å²) in [5.74, 6) is 0.420. The van der Waals surface area contributed by atoms with E-state index < -0.39 is 10.0 Å². The Labute approximate surface area is 146 Å². The van der Waals surface area contributed by atoms with E-state index in [1.807, 2.05) is 6.92 Å². The van der Waals surface area contributed by atoms with Crippen LogP contribution in [0, 0.1) is 12.8 Å². The maximum atomic E-state index is 12.8. The van der Waals surface area contributed by atoms with Crippen molar-refractivity contribution in [1.82, 2.24) is 9.62 Å². The smallest absolute Gasteiger partial charge is 0.243 e. The summed E-state index contributed by atoms with van der Waals surface area (Å²) in [5, 5.41) is 3.47. The molecule has 8 heteroatoms. The molecular formula is C16H21N3O3S2. The van der Waals surface area contributed by atoms with Gasteiger partial charge in [0.1, 0.15) is 0 Å². The Kier molecular flexibility index (Phi) is 5.27. The molecule has 0 spiro atoms. The Balaban J connectivity index is 1.70. The van der Waals surface area contributed by atoms with Crippen LogP contribution in [0.2, 0.25) is 0 Å². The summed E-state index contributed by atoms with van der Waals surface area (Å²) in [6.45, 7) is 3.32. The van der Waals surface area contributed by atoms with Crippen LogP contribution in [0.15, 0.2) is 34.2 Å². The van der Waals surface area contributed by atoms with E-state index in [0.29, 0.717) is 24.6 Å². The minimum absolute atomic E-state index is 0.132. The van der Waals surface area contributed by atoms with Crippen LogP contribution in [0.5, 0.6) is 0 Å². The molecule has 1 N–H and O–H groups in total. The number of hydrogen-bond donors (Lipinski definition) is 1. The van der Waals surface area contributed by atoms with Crippen LogP contribution in [-0.2, 0) is 14.8 Å².